The van der Waals surface area contributed by atoms with Crippen molar-refractivity contribution in [3.05, 3.63) is 64.2 Å². The fourth-order valence-corrected chi connectivity index (χ4v) is 2.24. The molecule has 0 spiro atoms. The molecule has 0 saturated carbocycles. The van der Waals surface area contributed by atoms with Crippen LogP contribution >= 0.6 is 11.6 Å². The number of benzene rings is 2. The number of nitrogens with one attached hydrogen (secondary N) is 3. The Morgan fingerprint density at radius 1 is 1.25 bits per heavy atom. The summed E-state index contributed by atoms with van der Waals surface area (Å²) in [6.07, 6.45) is 0.404. The van der Waals surface area contributed by atoms with Crippen molar-refractivity contribution < 1.29 is 14.7 Å². The molecule has 2 aromatic rings. The first-order valence-electron chi connectivity index (χ1n) is 8.39. The molecule has 0 heterocycles. The van der Waals surface area contributed by atoms with Crippen molar-refractivity contribution in [1.82, 2.24) is 10.9 Å². The number of rotatable bonds is 6. The van der Waals surface area contributed by atoms with Crippen molar-refractivity contribution in [2.45, 2.75) is 26.4 Å². The summed E-state index contributed by atoms with van der Waals surface area (Å²) in [5.74, 6) is -0.331. The second-order valence-corrected chi connectivity index (χ2v) is 6.84. The topological polar surface area (TPSA) is 114 Å². The second kappa shape index (κ2) is 10.9. The SMILES string of the molecule is Cc1c(NCC(C)(C)O)ccc(C#N)c1Cl.O=CNNC(=O)c1ccccc1. The first-order valence-corrected chi connectivity index (χ1v) is 8.77. The van der Waals surface area contributed by atoms with Crippen LogP contribution < -0.4 is 16.2 Å². The van der Waals surface area contributed by atoms with E-state index in [1.54, 1.807) is 50.2 Å². The van der Waals surface area contributed by atoms with Crippen LogP contribution in [0.2, 0.25) is 5.02 Å². The molecule has 0 fully saturated rings. The molecular weight excluding hydrogens is 380 g/mol. The lowest BCUT2D eigenvalue weighted by Gasteiger charge is -2.20. The summed E-state index contributed by atoms with van der Waals surface area (Å²) >= 11 is 6.02. The molecule has 0 aromatic heterocycles. The molecule has 0 unspecified atom stereocenters. The molecule has 2 rings (SSSR count). The van der Waals surface area contributed by atoms with Crippen LogP contribution in [-0.4, -0.2) is 29.6 Å². The average Bonchev–Trinajstić information content (AvgIpc) is 2.67. The van der Waals surface area contributed by atoms with Crippen molar-refractivity contribution in [2.24, 2.45) is 0 Å². The van der Waals surface area contributed by atoms with Gasteiger partial charge in [-0.05, 0) is 50.6 Å². The Balaban J connectivity index is 0.000000292. The van der Waals surface area contributed by atoms with Crippen LogP contribution in [0.4, 0.5) is 5.69 Å². The van der Waals surface area contributed by atoms with Crippen LogP contribution in [0.25, 0.3) is 0 Å². The summed E-state index contributed by atoms with van der Waals surface area (Å²) < 4.78 is 0. The van der Waals surface area contributed by atoms with Crippen molar-refractivity contribution in [2.75, 3.05) is 11.9 Å². The molecule has 8 heteroatoms. The molecule has 148 valence electrons. The highest BCUT2D eigenvalue weighted by Gasteiger charge is 2.13. The number of hydrogen-bond acceptors (Lipinski definition) is 5. The Hall–Kier alpha value is -3.08. The lowest BCUT2D eigenvalue weighted by Crippen LogP contribution is -2.36. The quantitative estimate of drug-likeness (QED) is 0.438. The predicted molar refractivity (Wildman–Crippen MR) is 109 cm³/mol. The number of nitrogens with zero attached hydrogens (tertiary/aromatic N) is 1. The summed E-state index contributed by atoms with van der Waals surface area (Å²) in [6.45, 7) is 5.72. The van der Waals surface area contributed by atoms with E-state index in [0.29, 0.717) is 29.1 Å². The fourth-order valence-electron chi connectivity index (χ4n) is 2.03. The summed E-state index contributed by atoms with van der Waals surface area (Å²) in [4.78, 5) is 20.9. The smallest absolute Gasteiger partial charge is 0.269 e. The molecule has 2 amide bonds. The molecule has 0 bridgehead atoms. The van der Waals surface area contributed by atoms with Gasteiger partial charge < -0.3 is 10.4 Å². The maximum Gasteiger partial charge on any atom is 0.269 e. The Morgan fingerprint density at radius 2 is 1.89 bits per heavy atom. The number of carbonyl (C=O) groups is 2. The average molecular weight is 403 g/mol. The van der Waals surface area contributed by atoms with E-state index < -0.39 is 5.60 Å². The molecule has 0 atom stereocenters. The van der Waals surface area contributed by atoms with Gasteiger partial charge >= 0.3 is 0 Å². The second-order valence-electron chi connectivity index (χ2n) is 6.46. The predicted octanol–water partition coefficient (Wildman–Crippen LogP) is 2.78. The monoisotopic (exact) mass is 402 g/mol. The summed E-state index contributed by atoms with van der Waals surface area (Å²) in [5.41, 5.74) is 6.11. The first kappa shape index (κ1) is 23.0. The van der Waals surface area contributed by atoms with Gasteiger partial charge in [-0.1, -0.05) is 29.8 Å². The molecule has 7 nitrogen and oxygen atoms in total. The molecule has 28 heavy (non-hydrogen) atoms. The lowest BCUT2D eigenvalue weighted by molar-refractivity contribution is -0.110. The van der Waals surface area contributed by atoms with Gasteiger partial charge in [-0.3, -0.25) is 20.4 Å². The van der Waals surface area contributed by atoms with Crippen molar-refractivity contribution in [3.63, 3.8) is 0 Å². The zero-order valence-electron chi connectivity index (χ0n) is 15.9. The van der Waals surface area contributed by atoms with Crippen molar-refractivity contribution >= 4 is 29.6 Å². The minimum absolute atomic E-state index is 0.331. The van der Waals surface area contributed by atoms with E-state index in [-0.39, 0.29) is 5.91 Å². The lowest BCUT2D eigenvalue weighted by atomic mass is 10.1. The maximum atomic E-state index is 11.1. The van der Waals surface area contributed by atoms with E-state index in [2.05, 4.69) is 16.2 Å². The van der Waals surface area contributed by atoms with Gasteiger partial charge in [0.05, 0.1) is 16.2 Å². The van der Waals surface area contributed by atoms with Crippen molar-refractivity contribution in [1.29, 1.82) is 5.26 Å². The molecular formula is C20H23ClN4O3. The largest absolute Gasteiger partial charge is 0.389 e. The number of hydrogen-bond donors (Lipinski definition) is 4. The Bertz CT molecular complexity index is 843. The first-order chi connectivity index (χ1) is 13.2. The van der Waals surface area contributed by atoms with E-state index in [0.717, 1.165) is 11.3 Å². The van der Waals surface area contributed by atoms with E-state index in [9.17, 15) is 14.7 Å². The number of hydrazine groups is 1. The third kappa shape index (κ3) is 7.66. The number of amides is 2. The molecule has 0 saturated heterocycles. The number of carbonyl (C=O) groups excluding carboxylic acids is 2. The Kier molecular flexibility index (Phi) is 8.96. The third-order valence-electron chi connectivity index (χ3n) is 3.50. The van der Waals surface area contributed by atoms with Crippen LogP contribution in [0.1, 0.15) is 35.3 Å². The number of aliphatic hydroxyl groups is 1. The summed E-state index contributed by atoms with van der Waals surface area (Å²) in [6, 6.07) is 14.1. The Labute approximate surface area is 169 Å². The highest BCUT2D eigenvalue weighted by Crippen LogP contribution is 2.27. The molecule has 0 radical (unpaired) electrons. The van der Waals surface area contributed by atoms with E-state index in [4.69, 9.17) is 16.9 Å². The van der Waals surface area contributed by atoms with Gasteiger partial charge in [0.25, 0.3) is 5.91 Å². The van der Waals surface area contributed by atoms with Gasteiger partial charge in [-0.25, -0.2) is 0 Å². The van der Waals surface area contributed by atoms with E-state index in [1.807, 2.05) is 19.1 Å². The number of anilines is 1. The minimum atomic E-state index is -0.785. The minimum Gasteiger partial charge on any atom is -0.389 e. The standard InChI is InChI=1S/C12H15ClN2O.C8H8N2O2/c1-8-10(15-7-12(2,3)16)5-4-9(6-14)11(8)13;11-6-9-10-8(12)7-4-2-1-3-5-7/h4-5,15-16H,7H2,1-3H3;1-6H,(H,9,11)(H,10,12). The van der Waals surface area contributed by atoms with E-state index in [1.165, 1.54) is 0 Å². The molecule has 2 aromatic carbocycles. The number of nitriles is 1. The molecule has 4 N–H and O–H groups in total. The maximum absolute atomic E-state index is 11.1. The van der Waals surface area contributed by atoms with Gasteiger partial charge in [-0.2, -0.15) is 5.26 Å². The normalized spacial score (nSPS) is 10.0. The highest BCUT2D eigenvalue weighted by molar-refractivity contribution is 6.32. The van der Waals surface area contributed by atoms with Crippen LogP contribution in [0.5, 0.6) is 0 Å². The fraction of sp³-hybridized carbons (Fsp3) is 0.250. The Morgan fingerprint density at radius 3 is 2.43 bits per heavy atom. The van der Waals surface area contributed by atoms with Gasteiger partial charge in [0, 0.05) is 17.8 Å². The molecule has 0 aliphatic carbocycles. The summed E-state index contributed by atoms with van der Waals surface area (Å²) in [7, 11) is 0. The van der Waals surface area contributed by atoms with Gasteiger partial charge in [-0.15, -0.1) is 0 Å². The van der Waals surface area contributed by atoms with Crippen LogP contribution in [0, 0.1) is 18.3 Å². The van der Waals surface area contributed by atoms with Crippen LogP contribution in [0.3, 0.4) is 0 Å². The van der Waals surface area contributed by atoms with E-state index >= 15 is 0 Å². The molecule has 0 aliphatic rings. The van der Waals surface area contributed by atoms with Crippen LogP contribution in [-0.2, 0) is 4.79 Å². The van der Waals surface area contributed by atoms with Gasteiger partial charge in [0.2, 0.25) is 6.41 Å². The summed E-state index contributed by atoms with van der Waals surface area (Å²) in [5, 5.41) is 22.0. The van der Waals surface area contributed by atoms with Gasteiger partial charge in [0.1, 0.15) is 6.07 Å². The van der Waals surface area contributed by atoms with Crippen LogP contribution in [0.15, 0.2) is 42.5 Å². The highest BCUT2D eigenvalue weighted by atomic mass is 35.5. The zero-order chi connectivity index (χ0) is 21.2. The van der Waals surface area contributed by atoms with Gasteiger partial charge in [0.15, 0.2) is 0 Å². The van der Waals surface area contributed by atoms with Crippen molar-refractivity contribution in [3.8, 4) is 6.07 Å². The zero-order valence-corrected chi connectivity index (χ0v) is 16.7. The number of halogens is 1. The molecule has 0 aliphatic heterocycles. The third-order valence-corrected chi connectivity index (χ3v) is 3.99.